The number of carbonyl (C=O) groups is 2. The van der Waals surface area contributed by atoms with Crippen molar-refractivity contribution >= 4 is 24.2 Å². The molecule has 0 radical (unpaired) electrons. The monoisotopic (exact) mass is 393 g/mol. The van der Waals surface area contributed by atoms with Gasteiger partial charge in [0.2, 0.25) is 5.91 Å². The second-order valence-corrected chi connectivity index (χ2v) is 6.15. The number of hydrogen-bond donors (Lipinski definition) is 1. The second kappa shape index (κ2) is 9.23. The summed E-state index contributed by atoms with van der Waals surface area (Å²) >= 11 is 0. The van der Waals surface area contributed by atoms with E-state index in [4.69, 9.17) is 0 Å². The Morgan fingerprint density at radius 3 is 2.27 bits per heavy atom. The molecule has 0 spiro atoms. The lowest BCUT2D eigenvalue weighted by molar-refractivity contribution is -0.138. The minimum absolute atomic E-state index is 0. The zero-order valence-corrected chi connectivity index (χ0v) is 15.5. The quantitative estimate of drug-likeness (QED) is 0.853. The van der Waals surface area contributed by atoms with Gasteiger partial charge in [0, 0.05) is 44.2 Å². The van der Waals surface area contributed by atoms with E-state index in [9.17, 15) is 22.8 Å². The van der Waals surface area contributed by atoms with Crippen molar-refractivity contribution in [3.63, 3.8) is 0 Å². The number of alkyl halides is 3. The van der Waals surface area contributed by atoms with Gasteiger partial charge in [0.15, 0.2) is 0 Å². The third kappa shape index (κ3) is 5.35. The van der Waals surface area contributed by atoms with Crippen molar-refractivity contribution in [3.8, 4) is 0 Å². The van der Waals surface area contributed by atoms with E-state index in [1.54, 1.807) is 11.9 Å². The molecule has 2 amide bonds. The van der Waals surface area contributed by atoms with E-state index in [2.05, 4.69) is 5.32 Å². The molecule has 1 saturated heterocycles. The third-order valence-electron chi connectivity index (χ3n) is 4.25. The summed E-state index contributed by atoms with van der Waals surface area (Å²) in [6.45, 7) is 3.80. The summed E-state index contributed by atoms with van der Waals surface area (Å²) in [5, 5.41) is 2.95. The predicted octanol–water partition coefficient (Wildman–Crippen LogP) is 2.27. The van der Waals surface area contributed by atoms with Gasteiger partial charge in [-0.15, -0.1) is 12.4 Å². The number of carbonyl (C=O) groups excluding carboxylic acids is 2. The number of benzene rings is 1. The molecule has 2 rings (SSSR count). The summed E-state index contributed by atoms with van der Waals surface area (Å²) in [5.74, 6) is -0.585. The maximum Gasteiger partial charge on any atom is 0.416 e. The molecule has 1 aromatic carbocycles. The highest BCUT2D eigenvalue weighted by atomic mass is 35.5. The summed E-state index contributed by atoms with van der Waals surface area (Å²) in [6, 6.07) is 4.42. The fourth-order valence-corrected chi connectivity index (χ4v) is 2.85. The fourth-order valence-electron chi connectivity index (χ4n) is 2.85. The van der Waals surface area contributed by atoms with Gasteiger partial charge in [-0.1, -0.05) is 13.0 Å². The van der Waals surface area contributed by atoms with Crippen molar-refractivity contribution in [2.75, 3.05) is 39.8 Å². The van der Waals surface area contributed by atoms with Crippen LogP contribution < -0.4 is 5.32 Å². The van der Waals surface area contributed by atoms with Gasteiger partial charge in [0.1, 0.15) is 0 Å². The molecule has 1 atom stereocenters. The zero-order valence-electron chi connectivity index (χ0n) is 14.7. The molecule has 1 fully saturated rings. The predicted molar refractivity (Wildman–Crippen MR) is 94.3 cm³/mol. The Morgan fingerprint density at radius 2 is 1.73 bits per heavy atom. The van der Waals surface area contributed by atoms with E-state index >= 15 is 0 Å². The molecule has 0 aromatic heterocycles. The molecular formula is C17H23ClF3N3O2. The first-order valence-electron chi connectivity index (χ1n) is 8.14. The van der Waals surface area contributed by atoms with Crippen LogP contribution in [0.25, 0.3) is 0 Å². The maximum atomic E-state index is 12.8. The highest BCUT2D eigenvalue weighted by molar-refractivity contribution is 5.94. The van der Waals surface area contributed by atoms with Crippen LogP contribution in [-0.2, 0) is 11.0 Å². The number of hydrogen-bond acceptors (Lipinski definition) is 3. The van der Waals surface area contributed by atoms with Crippen LogP contribution in [0.5, 0.6) is 0 Å². The van der Waals surface area contributed by atoms with E-state index in [0.717, 1.165) is 12.1 Å². The van der Waals surface area contributed by atoms with Gasteiger partial charge in [-0.05, 0) is 25.2 Å². The van der Waals surface area contributed by atoms with E-state index in [0.29, 0.717) is 32.7 Å². The normalized spacial score (nSPS) is 16.0. The number of nitrogens with one attached hydrogen (secondary N) is 1. The lowest BCUT2D eigenvalue weighted by Gasteiger charge is -2.36. The molecule has 0 saturated carbocycles. The van der Waals surface area contributed by atoms with Gasteiger partial charge < -0.3 is 15.1 Å². The Kier molecular flexibility index (Phi) is 7.89. The summed E-state index contributed by atoms with van der Waals surface area (Å²) < 4.78 is 38.3. The highest BCUT2D eigenvalue weighted by Crippen LogP contribution is 2.29. The van der Waals surface area contributed by atoms with Crippen molar-refractivity contribution in [3.05, 3.63) is 35.4 Å². The number of halogens is 4. The van der Waals surface area contributed by atoms with E-state index < -0.39 is 17.6 Å². The molecule has 9 heteroatoms. The van der Waals surface area contributed by atoms with Gasteiger partial charge in [-0.2, -0.15) is 13.2 Å². The first kappa shape index (κ1) is 22.2. The van der Waals surface area contributed by atoms with Crippen molar-refractivity contribution in [2.45, 2.75) is 13.1 Å². The highest BCUT2D eigenvalue weighted by Gasteiger charge is 2.32. The summed E-state index contributed by atoms with van der Waals surface area (Å²) in [7, 11) is 1.77. The number of amides is 2. The van der Waals surface area contributed by atoms with Gasteiger partial charge in [-0.3, -0.25) is 9.59 Å². The van der Waals surface area contributed by atoms with Crippen LogP contribution >= 0.6 is 12.4 Å². The van der Waals surface area contributed by atoms with E-state index in [1.165, 1.54) is 17.0 Å². The first-order chi connectivity index (χ1) is 11.7. The molecule has 1 aliphatic rings. The van der Waals surface area contributed by atoms with Crippen LogP contribution in [0.2, 0.25) is 0 Å². The third-order valence-corrected chi connectivity index (χ3v) is 4.25. The van der Waals surface area contributed by atoms with Crippen LogP contribution in [0.3, 0.4) is 0 Å². The standard InChI is InChI=1S/C17H22F3N3O2.ClH/c1-12(11-21-2)15(24)22-6-8-23(9-7-22)16(25)13-4-3-5-14(10-13)17(18,19)20;/h3-5,10,12,21H,6-9,11H2,1-2H3;1H. The molecule has 1 aromatic rings. The van der Waals surface area contributed by atoms with Gasteiger partial charge in [-0.25, -0.2) is 0 Å². The second-order valence-electron chi connectivity index (χ2n) is 6.15. The molecule has 1 aliphatic heterocycles. The Bertz CT molecular complexity index is 632. The minimum atomic E-state index is -4.48. The van der Waals surface area contributed by atoms with Crippen LogP contribution in [0.4, 0.5) is 13.2 Å². The largest absolute Gasteiger partial charge is 0.416 e. The number of piperazine rings is 1. The Hall–Kier alpha value is -1.80. The summed E-state index contributed by atoms with van der Waals surface area (Å²) in [4.78, 5) is 27.9. The number of nitrogens with zero attached hydrogens (tertiary/aromatic N) is 2. The van der Waals surface area contributed by atoms with Crippen molar-refractivity contribution in [1.29, 1.82) is 0 Å². The lowest BCUT2D eigenvalue weighted by atomic mass is 10.1. The van der Waals surface area contributed by atoms with Crippen LogP contribution in [0.1, 0.15) is 22.8 Å². The van der Waals surface area contributed by atoms with E-state index in [1.807, 2.05) is 6.92 Å². The Balaban J connectivity index is 0.00000338. The van der Waals surface area contributed by atoms with Crippen molar-refractivity contribution in [1.82, 2.24) is 15.1 Å². The van der Waals surface area contributed by atoms with Crippen molar-refractivity contribution < 1.29 is 22.8 Å². The maximum absolute atomic E-state index is 12.8. The molecule has 26 heavy (non-hydrogen) atoms. The lowest BCUT2D eigenvalue weighted by Crippen LogP contribution is -2.52. The van der Waals surface area contributed by atoms with Gasteiger partial charge in [0.05, 0.1) is 5.56 Å². The molecule has 1 heterocycles. The minimum Gasteiger partial charge on any atom is -0.339 e. The number of rotatable bonds is 4. The first-order valence-corrected chi connectivity index (χ1v) is 8.14. The summed E-state index contributed by atoms with van der Waals surface area (Å²) in [6.07, 6.45) is -4.48. The molecule has 1 unspecified atom stereocenters. The van der Waals surface area contributed by atoms with Crippen molar-refractivity contribution in [2.24, 2.45) is 5.92 Å². The van der Waals surface area contributed by atoms with E-state index in [-0.39, 0.29) is 29.8 Å². The molecule has 146 valence electrons. The topological polar surface area (TPSA) is 52.7 Å². The Labute approximate surface area is 156 Å². The molecule has 5 nitrogen and oxygen atoms in total. The summed E-state index contributed by atoms with van der Waals surface area (Å²) in [5.41, 5.74) is -0.828. The average molecular weight is 394 g/mol. The molecule has 1 N–H and O–H groups in total. The fraction of sp³-hybridized carbons (Fsp3) is 0.529. The van der Waals surface area contributed by atoms with Gasteiger partial charge >= 0.3 is 6.18 Å². The zero-order chi connectivity index (χ0) is 18.6. The van der Waals surface area contributed by atoms with Crippen LogP contribution in [0, 0.1) is 5.92 Å². The molecular weight excluding hydrogens is 371 g/mol. The van der Waals surface area contributed by atoms with Crippen LogP contribution in [-0.4, -0.2) is 61.4 Å². The smallest absolute Gasteiger partial charge is 0.339 e. The molecule has 0 bridgehead atoms. The SMILES string of the molecule is CNCC(C)C(=O)N1CCN(C(=O)c2cccc(C(F)(F)F)c2)CC1.Cl. The average Bonchev–Trinajstić information content (AvgIpc) is 2.60. The Morgan fingerprint density at radius 1 is 1.15 bits per heavy atom. The van der Waals surface area contributed by atoms with Crippen LogP contribution in [0.15, 0.2) is 24.3 Å². The van der Waals surface area contributed by atoms with Gasteiger partial charge in [0.25, 0.3) is 5.91 Å². The molecule has 0 aliphatic carbocycles.